The highest BCUT2D eigenvalue weighted by atomic mass is 16.2. The number of piperidine rings is 1. The van der Waals surface area contributed by atoms with Gasteiger partial charge in [-0.25, -0.2) is 14.3 Å². The van der Waals surface area contributed by atoms with E-state index in [-0.39, 0.29) is 28.3 Å². The number of carbonyl (C=O) groups is 2. The highest BCUT2D eigenvalue weighted by molar-refractivity contribution is 5.82. The predicted molar refractivity (Wildman–Crippen MR) is 136 cm³/mol. The normalized spacial score (nSPS) is 27.3. The fourth-order valence-corrected chi connectivity index (χ4v) is 6.67. The van der Waals surface area contributed by atoms with E-state index in [9.17, 15) is 9.59 Å². The van der Waals surface area contributed by atoms with Gasteiger partial charge >= 0.3 is 5.91 Å². The number of aromatic nitrogens is 2. The van der Waals surface area contributed by atoms with Gasteiger partial charge in [-0.3, -0.25) is 4.79 Å². The maximum atomic E-state index is 14.2. The van der Waals surface area contributed by atoms with Crippen LogP contribution in [-0.4, -0.2) is 69.9 Å². The summed E-state index contributed by atoms with van der Waals surface area (Å²) in [5.74, 6) is 0.902. The number of benzene rings is 2. The van der Waals surface area contributed by atoms with Crippen molar-refractivity contribution in [2.24, 2.45) is 11.7 Å². The highest BCUT2D eigenvalue weighted by Crippen LogP contribution is 2.39. The van der Waals surface area contributed by atoms with Gasteiger partial charge in [0.05, 0.1) is 24.0 Å². The van der Waals surface area contributed by atoms with Crippen molar-refractivity contribution < 1.29 is 14.1 Å². The molecule has 3 aromatic rings. The third-order valence-electron chi connectivity index (χ3n) is 8.20. The number of aromatic amines is 1. The Morgan fingerprint density at radius 1 is 1.11 bits per heavy atom. The van der Waals surface area contributed by atoms with Gasteiger partial charge in [-0.1, -0.05) is 42.5 Å². The molecular formula is C28H36N5O2+. The van der Waals surface area contributed by atoms with Gasteiger partial charge in [0.1, 0.15) is 11.9 Å². The van der Waals surface area contributed by atoms with Crippen molar-refractivity contribution in [1.29, 1.82) is 0 Å². The van der Waals surface area contributed by atoms with E-state index in [0.717, 1.165) is 49.2 Å². The maximum absolute atomic E-state index is 14.2. The molecule has 35 heavy (non-hydrogen) atoms. The van der Waals surface area contributed by atoms with E-state index < -0.39 is 6.04 Å². The Morgan fingerprint density at radius 2 is 1.89 bits per heavy atom. The predicted octanol–water partition coefficient (Wildman–Crippen LogP) is 3.05. The SMILES string of the molecule is CN1CC[C@@H]([N+]2(C(=O)CCc3nc4ccccc4[nH]3)CCC[C@H]2C(N)=O)[C@@H](Cc2ccccc2)C1. The summed E-state index contributed by atoms with van der Waals surface area (Å²) in [4.78, 5) is 37.2. The van der Waals surface area contributed by atoms with Gasteiger partial charge in [0.15, 0.2) is 6.04 Å². The number of nitrogens with one attached hydrogen (secondary N) is 1. The summed E-state index contributed by atoms with van der Waals surface area (Å²) in [5.41, 5.74) is 9.13. The van der Waals surface area contributed by atoms with Crippen molar-refractivity contribution in [2.75, 3.05) is 26.7 Å². The first-order valence-corrected chi connectivity index (χ1v) is 12.8. The molecular weight excluding hydrogens is 438 g/mol. The zero-order valence-electron chi connectivity index (χ0n) is 20.5. The molecule has 2 fully saturated rings. The number of likely N-dealkylation sites (tertiary alicyclic amines) is 2. The molecule has 2 amide bonds. The van der Waals surface area contributed by atoms with Crippen LogP contribution in [0.3, 0.4) is 0 Å². The molecule has 0 spiro atoms. The monoisotopic (exact) mass is 474 g/mol. The van der Waals surface area contributed by atoms with Crippen LogP contribution >= 0.6 is 0 Å². The number of primary amides is 1. The smallest absolute Gasteiger partial charge is 0.315 e. The van der Waals surface area contributed by atoms with E-state index in [2.05, 4.69) is 46.2 Å². The largest absolute Gasteiger partial charge is 0.364 e. The number of para-hydroxylation sites is 2. The molecule has 0 bridgehead atoms. The summed E-state index contributed by atoms with van der Waals surface area (Å²) in [6, 6.07) is 18.1. The molecule has 0 saturated carbocycles. The number of amides is 2. The highest BCUT2D eigenvalue weighted by Gasteiger charge is 2.57. The summed E-state index contributed by atoms with van der Waals surface area (Å²) in [5, 5.41) is 0. The molecule has 2 aliphatic rings. The van der Waals surface area contributed by atoms with Crippen LogP contribution in [0.2, 0.25) is 0 Å². The molecule has 184 valence electrons. The van der Waals surface area contributed by atoms with E-state index in [0.29, 0.717) is 25.8 Å². The summed E-state index contributed by atoms with van der Waals surface area (Å²) in [6.45, 7) is 2.55. The van der Waals surface area contributed by atoms with E-state index >= 15 is 0 Å². The molecule has 0 aliphatic carbocycles. The van der Waals surface area contributed by atoms with Crippen LogP contribution < -0.4 is 5.73 Å². The Labute approximate surface area is 206 Å². The van der Waals surface area contributed by atoms with Crippen molar-refractivity contribution in [1.82, 2.24) is 14.9 Å². The Hall–Kier alpha value is -3.03. The summed E-state index contributed by atoms with van der Waals surface area (Å²) < 4.78 is 0.223. The van der Waals surface area contributed by atoms with E-state index in [1.54, 1.807) is 0 Å². The molecule has 7 nitrogen and oxygen atoms in total. The lowest BCUT2D eigenvalue weighted by Gasteiger charge is -2.49. The molecule has 2 saturated heterocycles. The van der Waals surface area contributed by atoms with Crippen molar-refractivity contribution in [3.05, 3.63) is 66.0 Å². The molecule has 5 rings (SSSR count). The Balaban J connectivity index is 1.44. The van der Waals surface area contributed by atoms with E-state index in [1.165, 1.54) is 5.56 Å². The van der Waals surface area contributed by atoms with Gasteiger partial charge in [0.25, 0.3) is 5.91 Å². The minimum atomic E-state index is -0.440. The van der Waals surface area contributed by atoms with Gasteiger partial charge in [-0.2, -0.15) is 0 Å². The number of hydrogen-bond acceptors (Lipinski definition) is 4. The molecule has 2 aromatic carbocycles. The summed E-state index contributed by atoms with van der Waals surface area (Å²) in [7, 11) is 2.15. The molecule has 2 aliphatic heterocycles. The molecule has 0 radical (unpaired) electrons. The Kier molecular flexibility index (Phi) is 6.71. The summed E-state index contributed by atoms with van der Waals surface area (Å²) >= 11 is 0. The molecule has 1 unspecified atom stereocenters. The minimum absolute atomic E-state index is 0.0922. The van der Waals surface area contributed by atoms with Crippen molar-refractivity contribution in [3.8, 4) is 0 Å². The number of aryl methyl sites for hydroxylation is 1. The van der Waals surface area contributed by atoms with Gasteiger partial charge in [0, 0.05) is 44.7 Å². The van der Waals surface area contributed by atoms with Gasteiger partial charge in [0.2, 0.25) is 0 Å². The quantitative estimate of drug-likeness (QED) is 0.515. The first kappa shape index (κ1) is 23.7. The fraction of sp³-hybridized carbons (Fsp3) is 0.464. The third-order valence-corrected chi connectivity index (χ3v) is 8.20. The second-order valence-electron chi connectivity index (χ2n) is 10.4. The lowest BCUT2D eigenvalue weighted by molar-refractivity contribution is -0.888. The molecule has 4 atom stereocenters. The van der Waals surface area contributed by atoms with E-state index in [4.69, 9.17) is 5.73 Å². The Bertz CT molecular complexity index is 1160. The van der Waals surface area contributed by atoms with Crippen LogP contribution in [0.4, 0.5) is 0 Å². The number of nitrogens with two attached hydrogens (primary N) is 1. The van der Waals surface area contributed by atoms with Gasteiger partial charge < -0.3 is 15.6 Å². The second kappa shape index (κ2) is 9.91. The van der Waals surface area contributed by atoms with Crippen LogP contribution in [0.5, 0.6) is 0 Å². The number of fused-ring (bicyclic) bond motifs is 1. The number of nitrogens with zero attached hydrogens (tertiary/aromatic N) is 3. The standard InChI is InChI=1S/C28H35N5O2/c1-32-16-15-24(21(19-32)18-20-8-3-2-4-9-20)33(17-7-12-25(33)28(29)35)27(34)14-13-26-30-22-10-5-6-11-23(22)31-26/h2-6,8-11,21,24-25H,7,12-19H2,1H3,(H2-,29,30,31,35)/p+1/t21-,24+,25-,33?/m0/s1. The second-order valence-corrected chi connectivity index (χ2v) is 10.4. The first-order chi connectivity index (χ1) is 17.0. The number of imidazole rings is 1. The van der Waals surface area contributed by atoms with Crippen LogP contribution in [0.25, 0.3) is 11.0 Å². The minimum Gasteiger partial charge on any atom is -0.364 e. The number of quaternary nitrogens is 1. The van der Waals surface area contributed by atoms with Crippen molar-refractivity contribution in [2.45, 2.75) is 50.6 Å². The molecule has 3 N–H and O–H groups in total. The van der Waals surface area contributed by atoms with Crippen LogP contribution in [0.1, 0.15) is 37.1 Å². The zero-order chi connectivity index (χ0) is 24.4. The topological polar surface area (TPSA) is 92.1 Å². The molecule has 3 heterocycles. The average molecular weight is 475 g/mol. The number of carbonyl (C=O) groups excluding carboxylic acids is 2. The van der Waals surface area contributed by atoms with Crippen molar-refractivity contribution >= 4 is 22.8 Å². The lowest BCUT2D eigenvalue weighted by atomic mass is 9.83. The number of rotatable bonds is 7. The van der Waals surface area contributed by atoms with Gasteiger partial charge in [-0.05, 0) is 31.2 Å². The van der Waals surface area contributed by atoms with Crippen LogP contribution in [-0.2, 0) is 22.4 Å². The van der Waals surface area contributed by atoms with Gasteiger partial charge in [-0.15, -0.1) is 0 Å². The van der Waals surface area contributed by atoms with Crippen molar-refractivity contribution in [3.63, 3.8) is 0 Å². The van der Waals surface area contributed by atoms with Crippen LogP contribution in [0, 0.1) is 5.92 Å². The first-order valence-electron chi connectivity index (χ1n) is 12.8. The number of H-pyrrole nitrogens is 1. The average Bonchev–Trinajstić information content (AvgIpc) is 3.48. The van der Waals surface area contributed by atoms with Crippen LogP contribution in [0.15, 0.2) is 54.6 Å². The fourth-order valence-electron chi connectivity index (χ4n) is 6.67. The molecule has 7 heteroatoms. The number of hydrogen-bond donors (Lipinski definition) is 2. The molecule has 1 aromatic heterocycles. The maximum Gasteiger partial charge on any atom is 0.315 e. The third kappa shape index (κ3) is 4.62. The Morgan fingerprint density at radius 3 is 2.66 bits per heavy atom. The summed E-state index contributed by atoms with van der Waals surface area (Å²) in [6.07, 6.45) is 4.24. The lowest BCUT2D eigenvalue weighted by Crippen LogP contribution is -2.69. The zero-order valence-corrected chi connectivity index (χ0v) is 20.5. The van der Waals surface area contributed by atoms with E-state index in [1.807, 2.05) is 30.3 Å².